The van der Waals surface area contributed by atoms with E-state index in [1.54, 1.807) is 0 Å². The van der Waals surface area contributed by atoms with E-state index in [2.05, 4.69) is 27.7 Å². The first-order chi connectivity index (χ1) is 6.11. The molecule has 2 heteroatoms. The molecule has 13 heavy (non-hydrogen) atoms. The Morgan fingerprint density at radius 2 is 1.85 bits per heavy atom. The van der Waals surface area contributed by atoms with Gasteiger partial charge >= 0.3 is 0 Å². The fourth-order valence-electron chi connectivity index (χ4n) is 2.63. The van der Waals surface area contributed by atoms with Crippen molar-refractivity contribution in [3.63, 3.8) is 0 Å². The molecule has 1 aliphatic carbocycles. The quantitative estimate of drug-likeness (QED) is 0.664. The third kappa shape index (κ3) is 2.19. The van der Waals surface area contributed by atoms with Crippen molar-refractivity contribution in [1.29, 1.82) is 0 Å². The number of hydrogen-bond donors (Lipinski definition) is 0. The van der Waals surface area contributed by atoms with E-state index in [1.165, 1.54) is 12.8 Å². The van der Waals surface area contributed by atoms with Gasteiger partial charge in [0.25, 0.3) is 0 Å². The maximum atomic E-state index is 5.56. The molecule has 5 atom stereocenters. The molecule has 0 saturated heterocycles. The Balaban J connectivity index is 2.69. The normalized spacial score (nSPS) is 46.4. The van der Waals surface area contributed by atoms with Gasteiger partial charge in [-0.25, -0.2) is 0 Å². The van der Waals surface area contributed by atoms with Crippen LogP contribution in [0.3, 0.4) is 0 Å². The fraction of sp³-hybridized carbons (Fsp3) is 1.00. The minimum absolute atomic E-state index is 0.262. The van der Waals surface area contributed by atoms with Gasteiger partial charge in [-0.3, -0.25) is 4.29 Å². The van der Waals surface area contributed by atoms with Crippen molar-refractivity contribution in [3.8, 4) is 0 Å². The molecule has 0 radical (unpaired) electrons. The molecule has 0 spiro atoms. The third-order valence-electron chi connectivity index (χ3n) is 4.01. The van der Waals surface area contributed by atoms with E-state index in [9.17, 15) is 0 Å². The van der Waals surface area contributed by atoms with Crippen LogP contribution in [0.25, 0.3) is 0 Å². The lowest BCUT2D eigenvalue weighted by atomic mass is 9.67. The van der Waals surface area contributed by atoms with Crippen LogP contribution in [-0.2, 0) is 4.29 Å². The SMILES string of the molecule is CCC1CC(C)C(C)C(C)C1OCl. The average Bonchev–Trinajstić information content (AvgIpc) is 2.13. The highest BCUT2D eigenvalue weighted by molar-refractivity contribution is 6.07. The van der Waals surface area contributed by atoms with Crippen LogP contribution < -0.4 is 0 Å². The molecule has 78 valence electrons. The second-order valence-corrected chi connectivity index (χ2v) is 4.83. The van der Waals surface area contributed by atoms with Crippen LogP contribution in [0, 0.1) is 23.7 Å². The number of halogens is 1. The molecular formula is C11H21ClO. The van der Waals surface area contributed by atoms with Crippen molar-refractivity contribution < 1.29 is 4.29 Å². The van der Waals surface area contributed by atoms with Crippen molar-refractivity contribution in [3.05, 3.63) is 0 Å². The molecule has 1 aliphatic rings. The lowest BCUT2D eigenvalue weighted by Gasteiger charge is -2.42. The molecule has 1 nitrogen and oxygen atoms in total. The Morgan fingerprint density at radius 3 is 2.31 bits per heavy atom. The summed E-state index contributed by atoms with van der Waals surface area (Å²) in [6, 6.07) is 0. The Bertz CT molecular complexity index is 158. The lowest BCUT2D eigenvalue weighted by Crippen LogP contribution is -2.40. The predicted molar refractivity (Wildman–Crippen MR) is 56.6 cm³/mol. The maximum Gasteiger partial charge on any atom is 0.0847 e. The minimum atomic E-state index is 0.262. The first-order valence-corrected chi connectivity index (χ1v) is 5.70. The van der Waals surface area contributed by atoms with E-state index in [1.807, 2.05) is 0 Å². The van der Waals surface area contributed by atoms with Gasteiger partial charge < -0.3 is 0 Å². The van der Waals surface area contributed by atoms with E-state index < -0.39 is 0 Å². The monoisotopic (exact) mass is 204 g/mol. The van der Waals surface area contributed by atoms with Gasteiger partial charge in [0.15, 0.2) is 0 Å². The summed E-state index contributed by atoms with van der Waals surface area (Å²) in [4.78, 5) is 0. The zero-order chi connectivity index (χ0) is 10.0. The van der Waals surface area contributed by atoms with Crippen molar-refractivity contribution >= 4 is 11.9 Å². The van der Waals surface area contributed by atoms with E-state index >= 15 is 0 Å². The Kier molecular flexibility index (Phi) is 4.06. The smallest absolute Gasteiger partial charge is 0.0847 e. The van der Waals surface area contributed by atoms with Gasteiger partial charge in [-0.05, 0) is 30.1 Å². The first kappa shape index (κ1) is 11.3. The van der Waals surface area contributed by atoms with Crippen LogP contribution in [0.15, 0.2) is 0 Å². The molecule has 0 bridgehead atoms. The number of rotatable bonds is 2. The van der Waals surface area contributed by atoms with E-state index in [0.29, 0.717) is 11.8 Å². The Hall–Kier alpha value is 0.250. The second kappa shape index (κ2) is 4.65. The molecule has 0 heterocycles. The van der Waals surface area contributed by atoms with E-state index in [4.69, 9.17) is 16.2 Å². The summed E-state index contributed by atoms with van der Waals surface area (Å²) in [6.45, 7) is 9.14. The van der Waals surface area contributed by atoms with Gasteiger partial charge in [0.05, 0.1) is 18.0 Å². The summed E-state index contributed by atoms with van der Waals surface area (Å²) >= 11 is 5.56. The zero-order valence-corrected chi connectivity index (χ0v) is 9.84. The van der Waals surface area contributed by atoms with Crippen LogP contribution in [0.1, 0.15) is 40.5 Å². The summed E-state index contributed by atoms with van der Waals surface area (Å²) in [5, 5.41) is 0. The molecule has 0 amide bonds. The summed E-state index contributed by atoms with van der Waals surface area (Å²) in [6.07, 6.45) is 2.70. The second-order valence-electron chi connectivity index (χ2n) is 4.65. The highest BCUT2D eigenvalue weighted by Crippen LogP contribution is 2.41. The van der Waals surface area contributed by atoms with Crippen molar-refractivity contribution in [2.75, 3.05) is 0 Å². The van der Waals surface area contributed by atoms with Crippen molar-refractivity contribution in [2.24, 2.45) is 23.7 Å². The minimum Gasteiger partial charge on any atom is -0.275 e. The van der Waals surface area contributed by atoms with Gasteiger partial charge in [-0.15, -0.1) is 0 Å². The predicted octanol–water partition coefficient (Wildman–Crippen LogP) is 3.86. The van der Waals surface area contributed by atoms with Crippen LogP contribution in [0.5, 0.6) is 0 Å². The first-order valence-electron chi connectivity index (χ1n) is 5.39. The van der Waals surface area contributed by atoms with Crippen LogP contribution in [-0.4, -0.2) is 6.10 Å². The van der Waals surface area contributed by atoms with Gasteiger partial charge in [-0.1, -0.05) is 34.1 Å². The molecule has 0 aromatic rings. The van der Waals surface area contributed by atoms with Gasteiger partial charge in [0, 0.05) is 0 Å². The summed E-state index contributed by atoms with van der Waals surface area (Å²) in [7, 11) is 0. The van der Waals surface area contributed by atoms with Crippen LogP contribution in [0.2, 0.25) is 0 Å². The van der Waals surface area contributed by atoms with Crippen LogP contribution >= 0.6 is 11.9 Å². The average molecular weight is 205 g/mol. The highest BCUT2D eigenvalue weighted by atomic mass is 35.5. The zero-order valence-electron chi connectivity index (χ0n) is 9.09. The molecule has 0 aromatic heterocycles. The van der Waals surface area contributed by atoms with Crippen molar-refractivity contribution in [1.82, 2.24) is 0 Å². The molecule has 0 aliphatic heterocycles. The Labute approximate surface area is 87.0 Å². The topological polar surface area (TPSA) is 9.23 Å². The summed E-state index contributed by atoms with van der Waals surface area (Å²) < 4.78 is 5.10. The molecule has 1 fully saturated rings. The number of hydrogen-bond acceptors (Lipinski definition) is 1. The van der Waals surface area contributed by atoms with Gasteiger partial charge in [0.2, 0.25) is 0 Å². The summed E-state index contributed by atoms with van der Waals surface area (Å²) in [5.74, 6) is 2.78. The van der Waals surface area contributed by atoms with E-state index in [0.717, 1.165) is 11.8 Å². The third-order valence-corrected chi connectivity index (χ3v) is 4.22. The standard InChI is InChI=1S/C11H21ClO/c1-5-10-6-7(2)8(3)9(4)11(10)13-12/h7-11H,5-6H2,1-4H3. The van der Waals surface area contributed by atoms with Crippen LogP contribution in [0.4, 0.5) is 0 Å². The molecule has 1 rings (SSSR count). The molecule has 0 N–H and O–H groups in total. The largest absolute Gasteiger partial charge is 0.275 e. The summed E-state index contributed by atoms with van der Waals surface area (Å²) in [5.41, 5.74) is 0. The lowest BCUT2D eigenvalue weighted by molar-refractivity contribution is -0.00407. The Morgan fingerprint density at radius 1 is 1.23 bits per heavy atom. The van der Waals surface area contributed by atoms with Gasteiger partial charge in [0.1, 0.15) is 0 Å². The maximum absolute atomic E-state index is 5.56. The molecule has 5 unspecified atom stereocenters. The molecular weight excluding hydrogens is 184 g/mol. The molecule has 1 saturated carbocycles. The highest BCUT2D eigenvalue weighted by Gasteiger charge is 2.38. The van der Waals surface area contributed by atoms with Crippen molar-refractivity contribution in [2.45, 2.75) is 46.6 Å². The van der Waals surface area contributed by atoms with Gasteiger partial charge in [-0.2, -0.15) is 0 Å². The molecule has 0 aromatic carbocycles. The van der Waals surface area contributed by atoms with E-state index in [-0.39, 0.29) is 6.10 Å². The fourth-order valence-corrected chi connectivity index (χ4v) is 2.93.